The van der Waals surface area contributed by atoms with Gasteiger partial charge in [0.2, 0.25) is 0 Å². The number of benzene rings is 1. The molecule has 0 radical (unpaired) electrons. The van der Waals surface area contributed by atoms with Crippen molar-refractivity contribution in [2.24, 2.45) is 5.41 Å². The molecule has 23 heavy (non-hydrogen) atoms. The lowest BCUT2D eigenvalue weighted by Crippen LogP contribution is -2.51. The summed E-state index contributed by atoms with van der Waals surface area (Å²) in [6.45, 7) is 0.696. The van der Waals surface area contributed by atoms with Crippen LogP contribution in [-0.2, 0) is 0 Å². The average molecular weight is 316 g/mol. The predicted octanol–water partition coefficient (Wildman–Crippen LogP) is 2.50. The first-order chi connectivity index (χ1) is 11.1. The molecule has 3 N–H and O–H groups in total. The fourth-order valence-corrected chi connectivity index (χ4v) is 3.67. The monoisotopic (exact) mass is 316 g/mol. The number of carbonyl (C=O) groups excluding carboxylic acids is 1. The van der Waals surface area contributed by atoms with Gasteiger partial charge < -0.3 is 20.5 Å². The highest BCUT2D eigenvalue weighted by atomic mass is 16.5. The number of hydrogen-bond acceptors (Lipinski definition) is 3. The highest BCUT2D eigenvalue weighted by Gasteiger charge is 2.46. The van der Waals surface area contributed by atoms with Crippen LogP contribution < -0.4 is 15.4 Å². The van der Waals surface area contributed by atoms with Gasteiger partial charge in [0.1, 0.15) is 11.4 Å². The maximum absolute atomic E-state index is 12.3. The fraction of sp³-hybridized carbons (Fsp3) is 0.611. The van der Waals surface area contributed by atoms with Gasteiger partial charge in [-0.05, 0) is 38.2 Å². The number of para-hydroxylation sites is 1. The first-order valence-corrected chi connectivity index (χ1v) is 8.57. The summed E-state index contributed by atoms with van der Waals surface area (Å²) in [4.78, 5) is 12.3. The minimum Gasteiger partial charge on any atom is -0.487 e. The van der Waals surface area contributed by atoms with Crippen molar-refractivity contribution in [3.63, 3.8) is 0 Å². The third-order valence-corrected chi connectivity index (χ3v) is 5.68. The molecule has 1 unspecified atom stereocenters. The highest BCUT2D eigenvalue weighted by Crippen LogP contribution is 2.48. The highest BCUT2D eigenvalue weighted by molar-refractivity contribution is 5.74. The van der Waals surface area contributed by atoms with Crippen molar-refractivity contribution in [1.82, 2.24) is 10.6 Å². The average Bonchev–Trinajstić information content (AvgIpc) is 3.32. The van der Waals surface area contributed by atoms with Gasteiger partial charge in [0.15, 0.2) is 0 Å². The summed E-state index contributed by atoms with van der Waals surface area (Å²) >= 11 is 0. The molecule has 4 rings (SSSR count). The Hall–Kier alpha value is -1.75. The second kappa shape index (κ2) is 5.41. The number of aliphatic hydroxyl groups excluding tert-OH is 1. The normalized spacial score (nSPS) is 25.7. The lowest BCUT2D eigenvalue weighted by atomic mass is 9.73. The van der Waals surface area contributed by atoms with E-state index >= 15 is 0 Å². The Morgan fingerprint density at radius 2 is 2.04 bits per heavy atom. The molecule has 5 nitrogen and oxygen atoms in total. The first kappa shape index (κ1) is 14.8. The van der Waals surface area contributed by atoms with E-state index in [4.69, 9.17) is 4.74 Å². The number of hydrogen-bond donors (Lipinski definition) is 3. The van der Waals surface area contributed by atoms with Crippen LogP contribution >= 0.6 is 0 Å². The Morgan fingerprint density at radius 1 is 1.26 bits per heavy atom. The number of rotatable bonds is 4. The number of fused-ring (bicyclic) bond motifs is 1. The van der Waals surface area contributed by atoms with E-state index in [0.717, 1.165) is 43.4 Å². The fourth-order valence-electron chi connectivity index (χ4n) is 3.67. The van der Waals surface area contributed by atoms with Gasteiger partial charge in [0, 0.05) is 23.9 Å². The summed E-state index contributed by atoms with van der Waals surface area (Å²) in [6.07, 6.45) is 6.15. The molecule has 124 valence electrons. The number of amides is 2. The zero-order valence-corrected chi connectivity index (χ0v) is 13.3. The van der Waals surface area contributed by atoms with E-state index < -0.39 is 0 Å². The molecule has 1 spiro atoms. The number of carbonyl (C=O) groups is 1. The number of nitrogens with one attached hydrogen (secondary N) is 2. The molecule has 0 saturated heterocycles. The van der Waals surface area contributed by atoms with Gasteiger partial charge in [-0.25, -0.2) is 4.79 Å². The topological polar surface area (TPSA) is 70.6 Å². The maximum atomic E-state index is 12.3. The summed E-state index contributed by atoms with van der Waals surface area (Å²) in [5.74, 6) is 0.901. The molecule has 1 aromatic carbocycles. The molecule has 5 heteroatoms. The van der Waals surface area contributed by atoms with Crippen molar-refractivity contribution in [3.05, 3.63) is 29.8 Å². The largest absolute Gasteiger partial charge is 0.487 e. The molecule has 3 aliphatic rings. The Balaban J connectivity index is 1.44. The Labute approximate surface area is 136 Å². The second-order valence-electron chi connectivity index (χ2n) is 7.42. The molecule has 2 amide bonds. The number of urea groups is 1. The van der Waals surface area contributed by atoms with Crippen LogP contribution in [0.4, 0.5) is 4.79 Å². The first-order valence-electron chi connectivity index (χ1n) is 8.57. The molecular weight excluding hydrogens is 292 g/mol. The van der Waals surface area contributed by atoms with Crippen LogP contribution in [0.5, 0.6) is 5.75 Å². The van der Waals surface area contributed by atoms with E-state index in [0.29, 0.717) is 6.54 Å². The third-order valence-electron chi connectivity index (χ3n) is 5.68. The second-order valence-corrected chi connectivity index (χ2v) is 7.42. The lowest BCUT2D eigenvalue weighted by Gasteiger charge is -2.48. The zero-order chi connectivity index (χ0) is 15.9. The van der Waals surface area contributed by atoms with Crippen molar-refractivity contribution in [2.45, 2.75) is 50.2 Å². The number of ether oxygens (including phenoxy) is 1. The molecule has 2 aliphatic carbocycles. The summed E-state index contributed by atoms with van der Waals surface area (Å²) in [5.41, 5.74) is 0.901. The van der Waals surface area contributed by atoms with Crippen molar-refractivity contribution in [1.29, 1.82) is 0 Å². The SMILES string of the molecule is O=C(NCC1(CO)CC1)NC1CC2(CCC2)Oc2ccccc21. The zero-order valence-electron chi connectivity index (χ0n) is 13.3. The predicted molar refractivity (Wildman–Crippen MR) is 86.3 cm³/mol. The molecule has 1 atom stereocenters. The van der Waals surface area contributed by atoms with Gasteiger partial charge in [-0.15, -0.1) is 0 Å². The lowest BCUT2D eigenvalue weighted by molar-refractivity contribution is -0.0355. The van der Waals surface area contributed by atoms with Crippen LogP contribution in [0.3, 0.4) is 0 Å². The van der Waals surface area contributed by atoms with Gasteiger partial charge in [0.25, 0.3) is 0 Å². The third kappa shape index (κ3) is 2.78. The van der Waals surface area contributed by atoms with Gasteiger partial charge in [-0.3, -0.25) is 0 Å². The summed E-state index contributed by atoms with van der Waals surface area (Å²) in [6, 6.07) is 7.82. The van der Waals surface area contributed by atoms with Crippen LogP contribution in [0.1, 0.15) is 50.1 Å². The minimum atomic E-state index is -0.152. The summed E-state index contributed by atoms with van der Waals surface area (Å²) in [7, 11) is 0. The van der Waals surface area contributed by atoms with E-state index in [1.807, 2.05) is 24.3 Å². The van der Waals surface area contributed by atoms with Crippen LogP contribution in [0.2, 0.25) is 0 Å². The quantitative estimate of drug-likeness (QED) is 0.799. The van der Waals surface area contributed by atoms with E-state index in [1.54, 1.807) is 0 Å². The van der Waals surface area contributed by atoms with Crippen LogP contribution in [0.25, 0.3) is 0 Å². The molecule has 2 saturated carbocycles. The summed E-state index contributed by atoms with van der Waals surface area (Å²) < 4.78 is 6.20. The van der Waals surface area contributed by atoms with Crippen molar-refractivity contribution < 1.29 is 14.6 Å². The summed E-state index contributed by atoms with van der Waals surface area (Å²) in [5, 5.41) is 15.4. The molecular formula is C18H24N2O3. The maximum Gasteiger partial charge on any atom is 0.315 e. The van der Waals surface area contributed by atoms with Crippen molar-refractivity contribution in [3.8, 4) is 5.75 Å². The Bertz CT molecular complexity index is 608. The number of aliphatic hydroxyl groups is 1. The molecule has 1 heterocycles. The van der Waals surface area contributed by atoms with Gasteiger partial charge >= 0.3 is 6.03 Å². The van der Waals surface area contributed by atoms with Gasteiger partial charge in [0.05, 0.1) is 12.6 Å². The molecule has 0 bridgehead atoms. The molecule has 2 fully saturated rings. The van der Waals surface area contributed by atoms with Crippen molar-refractivity contribution >= 4 is 6.03 Å². The van der Waals surface area contributed by atoms with E-state index in [2.05, 4.69) is 10.6 Å². The minimum absolute atomic E-state index is 0.00969. The standard InChI is InChI=1S/C18H24N2O3/c21-12-17(8-9-17)11-19-16(22)20-14-10-18(6-3-7-18)23-15-5-2-1-4-13(14)15/h1-2,4-5,14,21H,3,6-12H2,(H2,19,20,22). The molecule has 1 aromatic rings. The van der Waals surface area contributed by atoms with Crippen LogP contribution in [0, 0.1) is 5.41 Å². The molecule has 1 aliphatic heterocycles. The Kier molecular flexibility index (Phi) is 3.48. The van der Waals surface area contributed by atoms with E-state index in [1.165, 1.54) is 6.42 Å². The van der Waals surface area contributed by atoms with Crippen LogP contribution in [-0.4, -0.2) is 29.9 Å². The Morgan fingerprint density at radius 3 is 2.70 bits per heavy atom. The van der Waals surface area contributed by atoms with Gasteiger partial charge in [-0.2, -0.15) is 0 Å². The van der Waals surface area contributed by atoms with E-state index in [-0.39, 0.29) is 29.7 Å². The molecule has 0 aromatic heterocycles. The van der Waals surface area contributed by atoms with E-state index in [9.17, 15) is 9.90 Å². The smallest absolute Gasteiger partial charge is 0.315 e. The van der Waals surface area contributed by atoms with Crippen molar-refractivity contribution in [2.75, 3.05) is 13.2 Å². The van der Waals surface area contributed by atoms with Gasteiger partial charge in [-0.1, -0.05) is 18.2 Å². The van der Waals surface area contributed by atoms with Crippen LogP contribution in [0.15, 0.2) is 24.3 Å².